The summed E-state index contributed by atoms with van der Waals surface area (Å²) in [6.45, 7) is 2.13. The van der Waals surface area contributed by atoms with Crippen LogP contribution in [0.25, 0.3) is 5.69 Å². The molecule has 2 rings (SSSR count). The van der Waals surface area contributed by atoms with E-state index in [0.717, 1.165) is 34.8 Å². The fourth-order valence-corrected chi connectivity index (χ4v) is 2.53. The van der Waals surface area contributed by atoms with E-state index < -0.39 is 0 Å². The number of benzene rings is 1. The molecule has 0 radical (unpaired) electrons. The van der Waals surface area contributed by atoms with Crippen molar-refractivity contribution < 1.29 is 0 Å². The van der Waals surface area contributed by atoms with E-state index in [2.05, 4.69) is 18.0 Å². The lowest BCUT2D eigenvalue weighted by Gasteiger charge is -2.11. The van der Waals surface area contributed by atoms with Crippen LogP contribution in [0.5, 0.6) is 0 Å². The minimum atomic E-state index is 0.723. The number of nitrogens with zero attached hydrogens (tertiary/aromatic N) is 3. The van der Waals surface area contributed by atoms with Crippen LogP contribution in [0, 0.1) is 11.3 Å². The number of hydrogen-bond acceptors (Lipinski definition) is 3. The van der Waals surface area contributed by atoms with Gasteiger partial charge in [-0.25, -0.2) is 4.98 Å². The van der Waals surface area contributed by atoms with Crippen molar-refractivity contribution in [1.82, 2.24) is 9.55 Å². The molecule has 0 amide bonds. The van der Waals surface area contributed by atoms with Gasteiger partial charge in [-0.2, -0.15) is 5.26 Å². The Labute approximate surface area is 111 Å². The van der Waals surface area contributed by atoms with Gasteiger partial charge in [-0.05, 0) is 24.8 Å². The van der Waals surface area contributed by atoms with Crippen molar-refractivity contribution >= 4 is 11.8 Å². The van der Waals surface area contributed by atoms with E-state index in [-0.39, 0.29) is 0 Å². The van der Waals surface area contributed by atoms with Crippen LogP contribution in [-0.2, 0) is 6.42 Å². The summed E-state index contributed by atoms with van der Waals surface area (Å²) in [7, 11) is 0. The zero-order valence-electron chi connectivity index (χ0n) is 10.6. The molecule has 0 spiro atoms. The van der Waals surface area contributed by atoms with Crippen molar-refractivity contribution in [3.8, 4) is 11.8 Å². The van der Waals surface area contributed by atoms with Crippen LogP contribution in [0.4, 0.5) is 0 Å². The Balaban J connectivity index is 2.57. The van der Waals surface area contributed by atoms with E-state index in [1.807, 2.05) is 35.2 Å². The van der Waals surface area contributed by atoms with Crippen LogP contribution < -0.4 is 0 Å². The summed E-state index contributed by atoms with van der Waals surface area (Å²) in [4.78, 5) is 5.37. The summed E-state index contributed by atoms with van der Waals surface area (Å²) in [5.41, 5.74) is 1.64. The number of rotatable bonds is 4. The number of imidazole rings is 1. The molecule has 4 heteroatoms. The van der Waals surface area contributed by atoms with Crippen molar-refractivity contribution in [2.45, 2.75) is 24.7 Å². The third-order valence-electron chi connectivity index (χ3n) is 2.79. The predicted molar refractivity (Wildman–Crippen MR) is 74.1 cm³/mol. The summed E-state index contributed by atoms with van der Waals surface area (Å²) in [6, 6.07) is 8.23. The molecule has 1 heterocycles. The molecule has 0 N–H and O–H groups in total. The molecule has 0 unspecified atom stereocenters. The molecular formula is C14H15N3S. The van der Waals surface area contributed by atoms with Crippen LogP contribution in [0.1, 0.15) is 24.7 Å². The normalized spacial score (nSPS) is 10.3. The van der Waals surface area contributed by atoms with Crippen molar-refractivity contribution in [2.24, 2.45) is 0 Å². The molecule has 0 saturated carbocycles. The van der Waals surface area contributed by atoms with Gasteiger partial charge in [-0.1, -0.05) is 13.0 Å². The molecular weight excluding hydrogens is 242 g/mol. The van der Waals surface area contributed by atoms with Gasteiger partial charge in [0.25, 0.3) is 0 Å². The number of nitriles is 1. The summed E-state index contributed by atoms with van der Waals surface area (Å²) >= 11 is 1.59. The Morgan fingerprint density at radius 1 is 1.44 bits per heavy atom. The maximum atomic E-state index is 9.35. The van der Waals surface area contributed by atoms with Gasteiger partial charge in [0.05, 0.1) is 11.3 Å². The van der Waals surface area contributed by atoms with Crippen LogP contribution in [0.2, 0.25) is 0 Å². The summed E-state index contributed by atoms with van der Waals surface area (Å²) in [6.07, 6.45) is 7.66. The van der Waals surface area contributed by atoms with Gasteiger partial charge < -0.3 is 4.57 Å². The Morgan fingerprint density at radius 3 is 2.94 bits per heavy atom. The second-order valence-corrected chi connectivity index (χ2v) is 4.78. The molecule has 0 aliphatic rings. The number of thioether (sulfide) groups is 1. The second kappa shape index (κ2) is 5.74. The molecule has 0 aliphatic heterocycles. The summed E-state index contributed by atoms with van der Waals surface area (Å²) in [5, 5.41) is 9.35. The third-order valence-corrected chi connectivity index (χ3v) is 3.57. The summed E-state index contributed by atoms with van der Waals surface area (Å²) < 4.78 is 2.02. The molecule has 18 heavy (non-hydrogen) atoms. The van der Waals surface area contributed by atoms with Crippen LogP contribution in [0.15, 0.2) is 35.5 Å². The molecule has 0 fully saturated rings. The van der Waals surface area contributed by atoms with E-state index in [1.54, 1.807) is 18.0 Å². The van der Waals surface area contributed by atoms with Crippen LogP contribution in [-0.4, -0.2) is 15.8 Å². The largest absolute Gasteiger partial charge is 0.302 e. The average molecular weight is 257 g/mol. The highest BCUT2D eigenvalue weighted by atomic mass is 32.2. The van der Waals surface area contributed by atoms with Gasteiger partial charge >= 0.3 is 0 Å². The van der Waals surface area contributed by atoms with Gasteiger partial charge in [0.2, 0.25) is 0 Å². The Hall–Kier alpha value is -1.73. The number of aryl methyl sites for hydroxylation is 1. The zero-order valence-corrected chi connectivity index (χ0v) is 11.4. The minimum Gasteiger partial charge on any atom is -0.302 e. The Kier molecular flexibility index (Phi) is 4.06. The van der Waals surface area contributed by atoms with E-state index >= 15 is 0 Å². The van der Waals surface area contributed by atoms with E-state index in [9.17, 15) is 5.26 Å². The molecule has 0 atom stereocenters. The lowest BCUT2D eigenvalue weighted by molar-refractivity contribution is 0.807. The maximum absolute atomic E-state index is 9.35. The molecule has 1 aromatic carbocycles. The first-order valence-electron chi connectivity index (χ1n) is 5.91. The lowest BCUT2D eigenvalue weighted by atomic mass is 10.2. The third kappa shape index (κ3) is 2.27. The SMILES string of the molecule is CCCc1nccn1-c1cccc(SC)c1C#N. The van der Waals surface area contributed by atoms with Crippen LogP contribution in [0.3, 0.4) is 0 Å². The predicted octanol–water partition coefficient (Wildman–Crippen LogP) is 3.42. The van der Waals surface area contributed by atoms with Crippen molar-refractivity contribution in [2.75, 3.05) is 6.26 Å². The Morgan fingerprint density at radius 2 is 2.28 bits per heavy atom. The van der Waals surface area contributed by atoms with Crippen molar-refractivity contribution in [1.29, 1.82) is 5.26 Å². The quantitative estimate of drug-likeness (QED) is 0.788. The van der Waals surface area contributed by atoms with E-state index in [1.165, 1.54) is 0 Å². The standard InChI is InChI=1S/C14H15N3S/c1-3-5-14-16-8-9-17(14)12-6-4-7-13(18-2)11(12)10-15/h4,6-9H,3,5H2,1-2H3. The smallest absolute Gasteiger partial charge is 0.113 e. The fraction of sp³-hybridized carbons (Fsp3) is 0.286. The average Bonchev–Trinajstić information content (AvgIpc) is 2.86. The number of hydrogen-bond donors (Lipinski definition) is 0. The number of aromatic nitrogens is 2. The van der Waals surface area contributed by atoms with Gasteiger partial charge in [-0.15, -0.1) is 11.8 Å². The van der Waals surface area contributed by atoms with Crippen LogP contribution >= 0.6 is 11.8 Å². The second-order valence-electron chi connectivity index (χ2n) is 3.93. The highest BCUT2D eigenvalue weighted by Gasteiger charge is 2.11. The van der Waals surface area contributed by atoms with Gasteiger partial charge in [0, 0.05) is 23.7 Å². The molecule has 2 aromatic rings. The Bertz CT molecular complexity index is 581. The monoisotopic (exact) mass is 257 g/mol. The molecule has 3 nitrogen and oxygen atoms in total. The fourth-order valence-electron chi connectivity index (χ4n) is 1.96. The van der Waals surface area contributed by atoms with E-state index in [4.69, 9.17) is 0 Å². The highest BCUT2D eigenvalue weighted by Crippen LogP contribution is 2.26. The first-order valence-corrected chi connectivity index (χ1v) is 7.14. The minimum absolute atomic E-state index is 0.723. The van der Waals surface area contributed by atoms with Gasteiger partial charge in [0.15, 0.2) is 0 Å². The highest BCUT2D eigenvalue weighted by molar-refractivity contribution is 7.98. The first kappa shape index (κ1) is 12.7. The topological polar surface area (TPSA) is 41.6 Å². The van der Waals surface area contributed by atoms with Crippen molar-refractivity contribution in [3.05, 3.63) is 42.0 Å². The van der Waals surface area contributed by atoms with Crippen molar-refractivity contribution in [3.63, 3.8) is 0 Å². The summed E-state index contributed by atoms with van der Waals surface area (Å²) in [5.74, 6) is 1.01. The first-order chi connectivity index (χ1) is 8.81. The zero-order chi connectivity index (χ0) is 13.0. The van der Waals surface area contributed by atoms with E-state index in [0.29, 0.717) is 0 Å². The van der Waals surface area contributed by atoms with Gasteiger partial charge in [0.1, 0.15) is 11.9 Å². The molecule has 1 aromatic heterocycles. The lowest BCUT2D eigenvalue weighted by Crippen LogP contribution is -2.03. The van der Waals surface area contributed by atoms with Gasteiger partial charge in [-0.3, -0.25) is 0 Å². The molecule has 0 bridgehead atoms. The molecule has 92 valence electrons. The molecule has 0 saturated heterocycles. The maximum Gasteiger partial charge on any atom is 0.113 e. The molecule has 0 aliphatic carbocycles.